The highest BCUT2D eigenvalue weighted by Gasteiger charge is 2.56. The van der Waals surface area contributed by atoms with Crippen LogP contribution in [0.5, 0.6) is 5.75 Å². The fourth-order valence-corrected chi connectivity index (χ4v) is 2.03. The highest BCUT2D eigenvalue weighted by Crippen LogP contribution is 2.53. The quantitative estimate of drug-likeness (QED) is 0.566. The van der Waals surface area contributed by atoms with Gasteiger partial charge in [0.25, 0.3) is 0 Å². The van der Waals surface area contributed by atoms with E-state index in [1.165, 1.54) is 5.56 Å². The van der Waals surface area contributed by atoms with Crippen molar-refractivity contribution in [2.24, 2.45) is 0 Å². The molecule has 2 atom stereocenters. The molecule has 0 bridgehead atoms. The van der Waals surface area contributed by atoms with Crippen molar-refractivity contribution in [3.63, 3.8) is 0 Å². The van der Waals surface area contributed by atoms with Gasteiger partial charge in [-0.15, -0.1) is 0 Å². The van der Waals surface area contributed by atoms with E-state index in [4.69, 9.17) is 9.47 Å². The molecule has 1 aromatic carbocycles. The molecule has 2 heteroatoms. The van der Waals surface area contributed by atoms with E-state index < -0.39 is 0 Å². The van der Waals surface area contributed by atoms with Crippen LogP contribution in [0.15, 0.2) is 24.3 Å². The lowest BCUT2D eigenvalue weighted by atomic mass is 9.94. The van der Waals surface area contributed by atoms with E-state index in [0.29, 0.717) is 0 Å². The zero-order valence-electron chi connectivity index (χ0n) is 7.78. The molecule has 1 fully saturated rings. The van der Waals surface area contributed by atoms with Gasteiger partial charge in [-0.25, -0.2) is 0 Å². The van der Waals surface area contributed by atoms with Crippen LogP contribution < -0.4 is 4.74 Å². The Hall–Kier alpha value is -1.02. The summed E-state index contributed by atoms with van der Waals surface area (Å²) in [6.45, 7) is 4.15. The van der Waals surface area contributed by atoms with E-state index in [2.05, 4.69) is 19.9 Å². The molecule has 1 aromatic rings. The third-order valence-electron chi connectivity index (χ3n) is 2.78. The average Bonchev–Trinajstić information content (AvgIpc) is 2.83. The predicted molar refractivity (Wildman–Crippen MR) is 48.8 cm³/mol. The lowest BCUT2D eigenvalue weighted by Crippen LogP contribution is -2.37. The Kier molecular flexibility index (Phi) is 1.18. The molecule has 68 valence electrons. The van der Waals surface area contributed by atoms with Crippen LogP contribution in [0.1, 0.15) is 25.5 Å². The number of ether oxygens (including phenoxy) is 2. The lowest BCUT2D eigenvalue weighted by molar-refractivity contribution is 0.0725. The maximum Gasteiger partial charge on any atom is 0.132 e. The van der Waals surface area contributed by atoms with Gasteiger partial charge in [0.05, 0.1) is 0 Å². The summed E-state index contributed by atoms with van der Waals surface area (Å²) >= 11 is 0. The smallest absolute Gasteiger partial charge is 0.132 e. The molecule has 0 unspecified atom stereocenters. The number of hydrogen-bond donors (Lipinski definition) is 0. The topological polar surface area (TPSA) is 21.8 Å². The predicted octanol–water partition coefficient (Wildman–Crippen LogP) is 2.30. The van der Waals surface area contributed by atoms with E-state index in [9.17, 15) is 0 Å². The fraction of sp³-hybridized carbons (Fsp3) is 0.455. The second-order valence-electron chi connectivity index (χ2n) is 4.22. The van der Waals surface area contributed by atoms with Crippen molar-refractivity contribution in [1.29, 1.82) is 0 Å². The highest BCUT2D eigenvalue weighted by atomic mass is 16.6. The standard InChI is InChI=1S/C11H12O2/c1-11(2)10-9(12-10)7-5-3-4-6-8(7)13-11/h3-6,9-10H,1-2H3/t9-,10+/m1/s1. The molecular weight excluding hydrogens is 164 g/mol. The van der Waals surface area contributed by atoms with Crippen LogP contribution in [0.3, 0.4) is 0 Å². The van der Waals surface area contributed by atoms with Gasteiger partial charge in [0.2, 0.25) is 0 Å². The van der Waals surface area contributed by atoms with Gasteiger partial charge in [-0.05, 0) is 19.9 Å². The van der Waals surface area contributed by atoms with Gasteiger partial charge in [0.15, 0.2) is 0 Å². The molecule has 2 heterocycles. The molecule has 0 radical (unpaired) electrons. The first-order valence-electron chi connectivity index (χ1n) is 4.62. The summed E-state index contributed by atoms with van der Waals surface area (Å²) in [5.74, 6) is 0.978. The van der Waals surface area contributed by atoms with Crippen molar-refractivity contribution in [3.05, 3.63) is 29.8 Å². The molecule has 3 rings (SSSR count). The SMILES string of the molecule is CC1(C)Oc2ccccc2[C@H]2O[C@@H]21. The summed E-state index contributed by atoms with van der Waals surface area (Å²) in [5.41, 5.74) is 1.03. The summed E-state index contributed by atoms with van der Waals surface area (Å²) in [5, 5.41) is 0. The van der Waals surface area contributed by atoms with Crippen molar-refractivity contribution in [3.8, 4) is 5.75 Å². The van der Waals surface area contributed by atoms with Crippen LogP contribution >= 0.6 is 0 Å². The number of epoxide rings is 1. The Morgan fingerprint density at radius 1 is 1.23 bits per heavy atom. The van der Waals surface area contributed by atoms with Gasteiger partial charge in [0, 0.05) is 5.56 Å². The zero-order chi connectivity index (χ0) is 9.05. The molecule has 0 aromatic heterocycles. The Morgan fingerprint density at radius 3 is 2.85 bits per heavy atom. The minimum absolute atomic E-state index is 0.168. The Bertz CT molecular complexity index is 357. The second kappa shape index (κ2) is 2.07. The summed E-state index contributed by atoms with van der Waals surface area (Å²) < 4.78 is 11.4. The monoisotopic (exact) mass is 176 g/mol. The third-order valence-corrected chi connectivity index (χ3v) is 2.78. The van der Waals surface area contributed by atoms with Crippen LogP contribution in [0.25, 0.3) is 0 Å². The van der Waals surface area contributed by atoms with Gasteiger partial charge in [-0.2, -0.15) is 0 Å². The van der Waals surface area contributed by atoms with E-state index in [0.717, 1.165) is 5.75 Å². The molecule has 0 amide bonds. The molecule has 0 N–H and O–H groups in total. The van der Waals surface area contributed by atoms with Crippen molar-refractivity contribution in [2.45, 2.75) is 31.7 Å². The molecule has 2 aliphatic heterocycles. The minimum atomic E-state index is -0.168. The molecule has 0 aliphatic carbocycles. The molecule has 2 aliphatic rings. The van der Waals surface area contributed by atoms with Gasteiger partial charge in [-0.1, -0.05) is 18.2 Å². The Balaban J connectivity index is 2.11. The van der Waals surface area contributed by atoms with E-state index >= 15 is 0 Å². The fourth-order valence-electron chi connectivity index (χ4n) is 2.03. The zero-order valence-corrected chi connectivity index (χ0v) is 7.78. The highest BCUT2D eigenvalue weighted by molar-refractivity contribution is 5.41. The van der Waals surface area contributed by atoms with Gasteiger partial charge >= 0.3 is 0 Å². The summed E-state index contributed by atoms with van der Waals surface area (Å²) in [7, 11) is 0. The number of rotatable bonds is 0. The minimum Gasteiger partial charge on any atom is -0.485 e. The van der Waals surface area contributed by atoms with Gasteiger partial charge in [0.1, 0.15) is 23.6 Å². The molecule has 0 spiro atoms. The van der Waals surface area contributed by atoms with Crippen LogP contribution in [-0.2, 0) is 4.74 Å². The second-order valence-corrected chi connectivity index (χ2v) is 4.22. The van der Waals surface area contributed by atoms with Crippen LogP contribution in [0.2, 0.25) is 0 Å². The Morgan fingerprint density at radius 2 is 2.00 bits per heavy atom. The number of fused-ring (bicyclic) bond motifs is 3. The van der Waals surface area contributed by atoms with Crippen LogP contribution in [0.4, 0.5) is 0 Å². The average molecular weight is 176 g/mol. The maximum absolute atomic E-state index is 5.85. The van der Waals surface area contributed by atoms with Crippen molar-refractivity contribution in [1.82, 2.24) is 0 Å². The molecule has 13 heavy (non-hydrogen) atoms. The third kappa shape index (κ3) is 0.923. The first-order valence-corrected chi connectivity index (χ1v) is 4.62. The van der Waals surface area contributed by atoms with Crippen LogP contribution in [0, 0.1) is 0 Å². The largest absolute Gasteiger partial charge is 0.485 e. The van der Waals surface area contributed by atoms with E-state index in [-0.39, 0.29) is 17.8 Å². The number of benzene rings is 1. The van der Waals surface area contributed by atoms with E-state index in [1.807, 2.05) is 18.2 Å². The molecule has 0 saturated carbocycles. The first-order chi connectivity index (χ1) is 6.18. The first kappa shape index (κ1) is 7.39. The number of para-hydroxylation sites is 1. The molecular formula is C11H12O2. The Labute approximate surface area is 77.5 Å². The van der Waals surface area contributed by atoms with E-state index in [1.54, 1.807) is 0 Å². The van der Waals surface area contributed by atoms with Crippen molar-refractivity contribution < 1.29 is 9.47 Å². The lowest BCUT2D eigenvalue weighted by Gasteiger charge is -2.29. The molecule has 2 nitrogen and oxygen atoms in total. The maximum atomic E-state index is 5.85. The summed E-state index contributed by atoms with van der Waals surface area (Å²) in [4.78, 5) is 0. The molecule has 1 saturated heterocycles. The van der Waals surface area contributed by atoms with Crippen molar-refractivity contribution >= 4 is 0 Å². The normalized spacial score (nSPS) is 32.8. The summed E-state index contributed by atoms with van der Waals surface area (Å²) in [6, 6.07) is 8.11. The summed E-state index contributed by atoms with van der Waals surface area (Å²) in [6.07, 6.45) is 0.530. The van der Waals surface area contributed by atoms with Gasteiger partial charge in [-0.3, -0.25) is 0 Å². The van der Waals surface area contributed by atoms with Gasteiger partial charge < -0.3 is 9.47 Å². The van der Waals surface area contributed by atoms with Crippen LogP contribution in [-0.4, -0.2) is 11.7 Å². The number of hydrogen-bond acceptors (Lipinski definition) is 2. The van der Waals surface area contributed by atoms with Crippen molar-refractivity contribution in [2.75, 3.05) is 0 Å².